The second-order valence-electron chi connectivity index (χ2n) is 19.3. The second-order valence-corrected chi connectivity index (χ2v) is 19.3. The average molecular weight is 994 g/mol. The number of hydrogen-bond acceptors (Lipinski definition) is 3. The molecule has 0 N–H and O–H groups in total. The Morgan fingerprint density at radius 2 is 1.32 bits per heavy atom. The molecule has 6 aromatic carbocycles. The molecule has 1 atom stereocenters. The number of benzene rings is 6. The van der Waals surface area contributed by atoms with E-state index in [1.807, 2.05) is 12.3 Å². The van der Waals surface area contributed by atoms with Crippen LogP contribution in [0.3, 0.4) is 0 Å². The van der Waals surface area contributed by atoms with Gasteiger partial charge >= 0.3 is 0 Å². The largest absolute Gasteiger partial charge is 0.509 e. The number of rotatable bonds is 8. The van der Waals surface area contributed by atoms with Gasteiger partial charge in [0.2, 0.25) is 0 Å². The number of aromatic nitrogens is 2. The van der Waals surface area contributed by atoms with Crippen LogP contribution in [0.5, 0.6) is 11.5 Å². The number of pyridine rings is 1. The van der Waals surface area contributed by atoms with E-state index >= 15 is 0 Å². The Morgan fingerprint density at radius 1 is 0.645 bits per heavy atom. The summed E-state index contributed by atoms with van der Waals surface area (Å²) in [5.41, 5.74) is 14.2. The van der Waals surface area contributed by atoms with Crippen molar-refractivity contribution in [3.05, 3.63) is 186 Å². The molecule has 1 aliphatic rings. The predicted molar refractivity (Wildman–Crippen MR) is 255 cm³/mol. The van der Waals surface area contributed by atoms with Crippen LogP contribution in [-0.4, -0.2) is 9.55 Å². The summed E-state index contributed by atoms with van der Waals surface area (Å²) >= 11 is 0. The maximum atomic E-state index is 7.01. The molecule has 9 rings (SSSR count). The van der Waals surface area contributed by atoms with Crippen LogP contribution in [0.1, 0.15) is 120 Å². The Kier molecular flexibility index (Phi) is 11.6. The Morgan fingerprint density at radius 3 is 2.03 bits per heavy atom. The molecule has 0 saturated heterocycles. The van der Waals surface area contributed by atoms with E-state index < -0.39 is 0 Å². The molecule has 0 saturated carbocycles. The average Bonchev–Trinajstić information content (AvgIpc) is 3.79. The number of ether oxygens (including phenoxy) is 1. The maximum absolute atomic E-state index is 7.01. The van der Waals surface area contributed by atoms with Crippen molar-refractivity contribution >= 4 is 33.2 Å². The van der Waals surface area contributed by atoms with Gasteiger partial charge in [-0.15, -0.1) is 41.1 Å². The molecular weight excluding hydrogens is 938 g/mol. The van der Waals surface area contributed by atoms with E-state index in [4.69, 9.17) is 9.72 Å². The third-order valence-electron chi connectivity index (χ3n) is 12.3. The van der Waals surface area contributed by atoms with Crippen LogP contribution >= 0.6 is 0 Å². The Labute approximate surface area is 383 Å². The first kappa shape index (κ1) is 43.2. The van der Waals surface area contributed by atoms with E-state index in [-0.39, 0.29) is 37.8 Å². The standard InChI is InChI=1S/C57H56N3O.Pt/c1-36(2)43-20-17-21-44(37(3)4)55(43)39-30-38(48-35-59(50-23-14-11-19-46(48)50)52-25-16-13-22-49(52)57(8,9)10)31-42(32-39)61-41-26-27-47-45-18-12-15-24-51(45)60(53(47)34-41)54-33-40(28-29-58-54)56(5,6)7;/h11-30,32-33,35-37,48H,1-10H3;/q-3;. The van der Waals surface area contributed by atoms with Crippen LogP contribution in [0.2, 0.25) is 0 Å². The molecule has 62 heavy (non-hydrogen) atoms. The number of anilines is 2. The van der Waals surface area contributed by atoms with Gasteiger partial charge in [-0.1, -0.05) is 148 Å². The summed E-state index contributed by atoms with van der Waals surface area (Å²) in [5, 5.41) is 2.25. The Balaban J connectivity index is 0.00000529. The molecule has 1 unspecified atom stereocenters. The van der Waals surface area contributed by atoms with Crippen molar-refractivity contribution in [3.63, 3.8) is 0 Å². The van der Waals surface area contributed by atoms with Crippen molar-refractivity contribution in [1.29, 1.82) is 0 Å². The fourth-order valence-corrected chi connectivity index (χ4v) is 9.17. The third kappa shape index (κ3) is 7.92. The van der Waals surface area contributed by atoms with Gasteiger partial charge in [0.1, 0.15) is 5.82 Å². The molecule has 0 radical (unpaired) electrons. The predicted octanol–water partition coefficient (Wildman–Crippen LogP) is 15.5. The minimum Gasteiger partial charge on any atom is -0.509 e. The molecule has 8 aromatic rings. The minimum absolute atomic E-state index is 0. The van der Waals surface area contributed by atoms with E-state index in [2.05, 4.69) is 219 Å². The minimum atomic E-state index is -0.0598. The summed E-state index contributed by atoms with van der Waals surface area (Å²) in [4.78, 5) is 7.30. The van der Waals surface area contributed by atoms with Crippen LogP contribution < -0.4 is 9.64 Å². The summed E-state index contributed by atoms with van der Waals surface area (Å²) in [6.45, 7) is 25.1. The molecule has 0 aliphatic carbocycles. The van der Waals surface area contributed by atoms with Gasteiger partial charge in [0.05, 0.1) is 0 Å². The molecule has 0 amide bonds. The van der Waals surface area contributed by atoms with Gasteiger partial charge in [0.25, 0.3) is 0 Å². The molecule has 2 aromatic heterocycles. The van der Waals surface area contributed by atoms with Gasteiger partial charge in [0.15, 0.2) is 0 Å². The van der Waals surface area contributed by atoms with Gasteiger partial charge < -0.3 is 14.2 Å². The molecule has 4 nitrogen and oxygen atoms in total. The van der Waals surface area contributed by atoms with Crippen molar-refractivity contribution in [2.45, 2.75) is 97.8 Å². The van der Waals surface area contributed by atoms with Crippen LogP contribution in [0.15, 0.2) is 134 Å². The van der Waals surface area contributed by atoms with Crippen LogP contribution in [0.4, 0.5) is 11.4 Å². The number of hydrogen-bond donors (Lipinski definition) is 0. The fraction of sp³-hybridized carbons (Fsp3) is 0.263. The van der Waals surface area contributed by atoms with Gasteiger partial charge in [0, 0.05) is 55.7 Å². The number of nitrogens with zero attached hydrogens (tertiary/aromatic N) is 3. The molecule has 0 spiro atoms. The smallest absolute Gasteiger partial charge is 0.135 e. The SMILES string of the molecule is CC(C)c1cccc(C(C)C)c1-c1cc(Oc2[c-]c3c(cc2)c2ccccc2n3-c2cc(C(C)(C)C)ccn2)[c-]c(C2[CH-]N(c3ccccc3C(C)(C)C)c3ccccc32)c1.[Pt]. The quantitative estimate of drug-likeness (QED) is 0.142. The van der Waals surface area contributed by atoms with Crippen molar-refractivity contribution in [1.82, 2.24) is 9.55 Å². The Hall–Kier alpha value is -5.44. The molecule has 1 aliphatic heterocycles. The van der Waals surface area contributed by atoms with Gasteiger partial charge in [-0.05, 0) is 91.8 Å². The molecule has 318 valence electrons. The van der Waals surface area contributed by atoms with Crippen LogP contribution in [0.25, 0.3) is 38.8 Å². The summed E-state index contributed by atoms with van der Waals surface area (Å²) in [6.07, 6.45) is 1.92. The summed E-state index contributed by atoms with van der Waals surface area (Å²) in [6, 6.07) is 53.5. The molecule has 0 bridgehead atoms. The number of fused-ring (bicyclic) bond motifs is 4. The summed E-state index contributed by atoms with van der Waals surface area (Å²) in [7, 11) is 0. The number of para-hydroxylation sites is 3. The van der Waals surface area contributed by atoms with E-state index in [0.717, 1.165) is 38.8 Å². The zero-order chi connectivity index (χ0) is 42.8. The molecule has 0 fully saturated rings. The normalized spacial score (nSPS) is 14.2. The Bertz CT molecular complexity index is 2900. The first-order valence-electron chi connectivity index (χ1n) is 21.8. The zero-order valence-electron chi connectivity index (χ0n) is 37.6. The van der Waals surface area contributed by atoms with Gasteiger partial charge in [-0.25, -0.2) is 11.5 Å². The monoisotopic (exact) mass is 993 g/mol. The molecule has 5 heteroatoms. The first-order valence-corrected chi connectivity index (χ1v) is 21.8. The topological polar surface area (TPSA) is 30.3 Å². The maximum Gasteiger partial charge on any atom is 0.135 e. The van der Waals surface area contributed by atoms with Crippen LogP contribution in [-0.2, 0) is 31.9 Å². The zero-order valence-corrected chi connectivity index (χ0v) is 39.8. The summed E-state index contributed by atoms with van der Waals surface area (Å²) < 4.78 is 9.23. The van der Waals surface area contributed by atoms with Gasteiger partial charge in [-0.2, -0.15) is 17.7 Å². The van der Waals surface area contributed by atoms with Crippen molar-refractivity contribution < 1.29 is 25.8 Å². The summed E-state index contributed by atoms with van der Waals surface area (Å²) in [5.74, 6) is 2.75. The molecule has 3 heterocycles. The molecular formula is C57H56N3OPt-3. The van der Waals surface area contributed by atoms with Crippen molar-refractivity contribution in [2.75, 3.05) is 4.90 Å². The van der Waals surface area contributed by atoms with Crippen molar-refractivity contribution in [3.8, 4) is 28.4 Å². The fourth-order valence-electron chi connectivity index (χ4n) is 9.17. The van der Waals surface area contributed by atoms with E-state index in [9.17, 15) is 0 Å². The van der Waals surface area contributed by atoms with Gasteiger partial charge in [-0.3, -0.25) is 0 Å². The third-order valence-corrected chi connectivity index (χ3v) is 12.3. The van der Waals surface area contributed by atoms with Crippen molar-refractivity contribution in [2.24, 2.45) is 0 Å². The van der Waals surface area contributed by atoms with E-state index in [1.54, 1.807) is 0 Å². The van der Waals surface area contributed by atoms with E-state index in [1.165, 1.54) is 44.8 Å². The van der Waals surface area contributed by atoms with Crippen LogP contribution in [0, 0.1) is 18.7 Å². The van der Waals surface area contributed by atoms with E-state index in [0.29, 0.717) is 23.3 Å². The first-order chi connectivity index (χ1) is 29.2. The second kappa shape index (κ2) is 16.7.